The van der Waals surface area contributed by atoms with Crippen LogP contribution in [0.2, 0.25) is 13.1 Å². The van der Waals surface area contributed by atoms with E-state index >= 15 is 0 Å². The fourth-order valence-corrected chi connectivity index (χ4v) is 4.67. The van der Waals surface area contributed by atoms with Crippen molar-refractivity contribution >= 4 is 31.1 Å². The summed E-state index contributed by atoms with van der Waals surface area (Å²) in [6.07, 6.45) is 0. The Kier molecular flexibility index (Phi) is 13.3. The summed E-state index contributed by atoms with van der Waals surface area (Å²) in [5, 5.41) is 5.70. The Morgan fingerprint density at radius 1 is 0.528 bits per heavy atom. The molecule has 0 aliphatic carbocycles. The summed E-state index contributed by atoms with van der Waals surface area (Å²) in [6, 6.07) is 18.7. The van der Waals surface area contributed by atoms with E-state index in [9.17, 15) is 0 Å². The molecule has 0 unspecified atom stereocenters. The zero-order valence-electron chi connectivity index (χ0n) is 24.9. The van der Waals surface area contributed by atoms with Crippen LogP contribution in [0.3, 0.4) is 0 Å². The van der Waals surface area contributed by atoms with Gasteiger partial charge in [-0.15, -0.1) is 56.9 Å². The second-order valence-corrected chi connectivity index (χ2v) is 12.4. The van der Waals surface area contributed by atoms with E-state index in [1.54, 1.807) is 0 Å². The zero-order chi connectivity index (χ0) is 26.4. The van der Waals surface area contributed by atoms with Crippen LogP contribution < -0.4 is 0 Å². The molecular weight excluding hydrogens is 615 g/mol. The Balaban J connectivity index is 0.000000317. The minimum absolute atomic E-state index is 0. The Morgan fingerprint density at radius 2 is 0.833 bits per heavy atom. The molecule has 0 heterocycles. The number of fused-ring (bicyclic) bond motifs is 2. The molecule has 2 radical (unpaired) electrons. The van der Waals surface area contributed by atoms with E-state index < -0.39 is 0 Å². The van der Waals surface area contributed by atoms with Crippen molar-refractivity contribution in [1.29, 1.82) is 0 Å². The number of hydrogen-bond donors (Lipinski definition) is 0. The Morgan fingerprint density at radius 3 is 1.08 bits per heavy atom. The van der Waals surface area contributed by atoms with E-state index in [4.69, 9.17) is 0 Å². The first-order valence-electron chi connectivity index (χ1n) is 13.4. The van der Waals surface area contributed by atoms with E-state index in [-0.39, 0.29) is 25.8 Å². The van der Waals surface area contributed by atoms with Gasteiger partial charge in [-0.2, -0.15) is 12.1 Å². The molecule has 0 bridgehead atoms. The minimum Gasteiger partial charge on any atom is -0.165 e. The summed E-state index contributed by atoms with van der Waals surface area (Å²) in [5.41, 5.74) is 8.66. The molecule has 0 aliphatic rings. The second-order valence-electron chi connectivity index (χ2n) is 11.4. The van der Waals surface area contributed by atoms with Crippen LogP contribution in [0.25, 0.3) is 21.5 Å². The Bertz CT molecular complexity index is 1120. The van der Waals surface area contributed by atoms with E-state index in [0.29, 0.717) is 23.7 Å². The Labute approximate surface area is 243 Å². The molecule has 0 amide bonds. The van der Waals surface area contributed by atoms with Crippen LogP contribution in [0.5, 0.6) is 0 Å². The van der Waals surface area contributed by atoms with Gasteiger partial charge in [-0.05, 0) is 23.7 Å². The van der Waals surface area contributed by atoms with Crippen molar-refractivity contribution in [1.82, 2.24) is 0 Å². The SMILES string of the molecule is C[Si]C.Cc1cc2c(C(C)C)cc(C(C)C)cc2[cH-]1.Cc1cc2c(C(C)C)cc(C(C)C)cc2[cH-]1.[Hf]. The monoisotopic (exact) mass is 664 g/mol. The fourth-order valence-electron chi connectivity index (χ4n) is 4.67. The van der Waals surface area contributed by atoms with Crippen LogP contribution >= 0.6 is 0 Å². The van der Waals surface area contributed by atoms with Gasteiger partial charge in [-0.25, -0.2) is 0 Å². The maximum absolute atomic E-state index is 2.39. The van der Waals surface area contributed by atoms with Crippen molar-refractivity contribution in [3.8, 4) is 0 Å². The minimum atomic E-state index is 0. The largest absolute Gasteiger partial charge is 0.165 e. The third-order valence-corrected chi connectivity index (χ3v) is 6.62. The first kappa shape index (κ1) is 32.8. The molecule has 0 saturated heterocycles. The van der Waals surface area contributed by atoms with Crippen LogP contribution in [0, 0.1) is 13.8 Å². The van der Waals surface area contributed by atoms with Gasteiger partial charge in [-0.1, -0.05) is 117 Å². The number of hydrogen-bond acceptors (Lipinski definition) is 0. The van der Waals surface area contributed by atoms with Crippen molar-refractivity contribution < 1.29 is 25.8 Å². The summed E-state index contributed by atoms with van der Waals surface area (Å²) in [5.74, 6) is 2.42. The molecule has 0 aromatic heterocycles. The van der Waals surface area contributed by atoms with Gasteiger partial charge < -0.3 is 0 Å². The smallest absolute Gasteiger partial charge is 0.0307 e. The predicted molar refractivity (Wildman–Crippen MR) is 162 cm³/mol. The molecular formula is C34H48HfSi-2. The molecule has 4 aromatic rings. The van der Waals surface area contributed by atoms with Crippen molar-refractivity contribution in [3.63, 3.8) is 0 Å². The summed E-state index contributed by atoms with van der Waals surface area (Å²) >= 11 is 0. The van der Waals surface area contributed by atoms with E-state index in [1.165, 1.54) is 54.9 Å². The summed E-state index contributed by atoms with van der Waals surface area (Å²) in [6.45, 7) is 26.8. The molecule has 194 valence electrons. The zero-order valence-corrected chi connectivity index (χ0v) is 29.5. The maximum atomic E-state index is 2.39. The molecule has 36 heavy (non-hydrogen) atoms. The van der Waals surface area contributed by atoms with Gasteiger partial charge in [-0.3, -0.25) is 0 Å². The summed E-state index contributed by atoms with van der Waals surface area (Å²) < 4.78 is 0. The first-order valence-corrected chi connectivity index (χ1v) is 15.4. The molecule has 0 fully saturated rings. The Hall–Kier alpha value is -1.25. The topological polar surface area (TPSA) is 0 Å². The van der Waals surface area contributed by atoms with Gasteiger partial charge >= 0.3 is 0 Å². The maximum Gasteiger partial charge on any atom is 0.0307 e. The molecule has 4 rings (SSSR count). The molecule has 2 heteroatoms. The van der Waals surface area contributed by atoms with Crippen molar-refractivity contribution in [2.45, 2.75) is 106 Å². The van der Waals surface area contributed by atoms with E-state index in [2.05, 4.69) is 131 Å². The standard InChI is InChI=1S/2C16H21.C2H6Si.Hf/c2*1-10(2)13-8-14-6-12(5)7-16(14)15(9-13)11(3)4;1-3-2;/h2*6-11H,1-5H3;1-2H3;/q2*-1;;. The van der Waals surface area contributed by atoms with Crippen molar-refractivity contribution in [2.24, 2.45) is 0 Å². The van der Waals surface area contributed by atoms with E-state index in [0.717, 1.165) is 9.52 Å². The molecule has 0 nitrogen and oxygen atoms in total. The third-order valence-electron chi connectivity index (χ3n) is 6.62. The normalized spacial score (nSPS) is 11.1. The second kappa shape index (κ2) is 14.6. The summed E-state index contributed by atoms with van der Waals surface area (Å²) in [4.78, 5) is 0. The average Bonchev–Trinajstić information content (AvgIpc) is 3.33. The van der Waals surface area contributed by atoms with Crippen LogP contribution in [0.15, 0.2) is 48.5 Å². The van der Waals surface area contributed by atoms with Crippen molar-refractivity contribution in [2.75, 3.05) is 0 Å². The van der Waals surface area contributed by atoms with E-state index in [1.807, 2.05) is 0 Å². The average molecular weight is 663 g/mol. The van der Waals surface area contributed by atoms with Crippen LogP contribution in [0.1, 0.15) is 112 Å². The quantitative estimate of drug-likeness (QED) is 0.151. The first-order chi connectivity index (χ1) is 16.4. The molecule has 0 saturated carbocycles. The fraction of sp³-hybridized carbons (Fsp3) is 0.471. The van der Waals surface area contributed by atoms with Gasteiger partial charge in [0.15, 0.2) is 0 Å². The molecule has 0 spiro atoms. The molecule has 0 N–H and O–H groups in total. The summed E-state index contributed by atoms with van der Waals surface area (Å²) in [7, 11) is 1.08. The van der Waals surface area contributed by atoms with Gasteiger partial charge in [0.1, 0.15) is 0 Å². The van der Waals surface area contributed by atoms with Crippen LogP contribution in [-0.4, -0.2) is 9.52 Å². The van der Waals surface area contributed by atoms with Gasteiger partial charge in [0.25, 0.3) is 0 Å². The van der Waals surface area contributed by atoms with Crippen LogP contribution in [0.4, 0.5) is 0 Å². The predicted octanol–water partition coefficient (Wildman–Crippen LogP) is 11.0. The number of aryl methyl sites for hydroxylation is 2. The van der Waals surface area contributed by atoms with Crippen molar-refractivity contribution in [3.05, 3.63) is 81.9 Å². The molecule has 4 aromatic carbocycles. The van der Waals surface area contributed by atoms with Crippen LogP contribution in [-0.2, 0) is 25.8 Å². The molecule has 0 aliphatic heterocycles. The van der Waals surface area contributed by atoms with Gasteiger partial charge in [0.2, 0.25) is 0 Å². The number of rotatable bonds is 4. The third kappa shape index (κ3) is 8.38. The van der Waals surface area contributed by atoms with Gasteiger partial charge in [0, 0.05) is 35.4 Å². The van der Waals surface area contributed by atoms with Gasteiger partial charge in [0.05, 0.1) is 0 Å². The number of benzene rings is 2. The molecule has 0 atom stereocenters.